The molecule has 0 aromatic carbocycles. The van der Waals surface area contributed by atoms with Gasteiger partial charge in [0, 0.05) is 37.5 Å². The van der Waals surface area contributed by atoms with Crippen LogP contribution in [0.25, 0.3) is 0 Å². The zero-order valence-corrected chi connectivity index (χ0v) is 14.6. The summed E-state index contributed by atoms with van der Waals surface area (Å²) in [4.78, 5) is 22.5. The lowest BCUT2D eigenvalue weighted by atomic mass is 9.59. The Kier molecular flexibility index (Phi) is 3.88. The summed E-state index contributed by atoms with van der Waals surface area (Å²) in [6, 6.07) is 0. The van der Waals surface area contributed by atoms with Crippen molar-refractivity contribution in [1.29, 1.82) is 0 Å². The molecule has 6 nitrogen and oxygen atoms in total. The largest absolute Gasteiger partial charge is 0.465 e. The second kappa shape index (κ2) is 5.70. The highest BCUT2D eigenvalue weighted by Crippen LogP contribution is 2.63. The van der Waals surface area contributed by atoms with Gasteiger partial charge in [-0.15, -0.1) is 0 Å². The number of esters is 2. The van der Waals surface area contributed by atoms with Gasteiger partial charge in [-0.2, -0.15) is 0 Å². The van der Waals surface area contributed by atoms with E-state index in [9.17, 15) is 9.59 Å². The highest BCUT2D eigenvalue weighted by atomic mass is 16.6. The molecule has 0 spiro atoms. The number of hydrogen-bond acceptors (Lipinski definition) is 6. The van der Waals surface area contributed by atoms with Gasteiger partial charge in [0.1, 0.15) is 0 Å². The summed E-state index contributed by atoms with van der Waals surface area (Å²) in [6.45, 7) is 8.01. The second-order valence-electron chi connectivity index (χ2n) is 7.94. The molecule has 4 fully saturated rings. The van der Waals surface area contributed by atoms with Crippen LogP contribution in [0.3, 0.4) is 0 Å². The average molecular weight is 338 g/mol. The Labute approximate surface area is 142 Å². The highest BCUT2D eigenvalue weighted by Gasteiger charge is 2.71. The van der Waals surface area contributed by atoms with Crippen LogP contribution in [0.5, 0.6) is 0 Å². The van der Waals surface area contributed by atoms with Crippen LogP contribution in [0.1, 0.15) is 27.7 Å². The number of hydrogen-bond donors (Lipinski definition) is 0. The molecular formula is C18H26O6. The van der Waals surface area contributed by atoms with E-state index in [0.29, 0.717) is 36.9 Å². The van der Waals surface area contributed by atoms with Gasteiger partial charge in [0.15, 0.2) is 0 Å². The van der Waals surface area contributed by atoms with Crippen LogP contribution >= 0.6 is 0 Å². The number of carbonyl (C=O) groups is 2. The van der Waals surface area contributed by atoms with Gasteiger partial charge in [0.25, 0.3) is 0 Å². The summed E-state index contributed by atoms with van der Waals surface area (Å²) in [5.74, 6) is 1.38. The van der Waals surface area contributed by atoms with Crippen LogP contribution in [0.4, 0.5) is 0 Å². The van der Waals surface area contributed by atoms with E-state index < -0.39 is 0 Å². The molecule has 0 N–H and O–H groups in total. The first-order valence-electron chi connectivity index (χ1n) is 8.97. The molecule has 24 heavy (non-hydrogen) atoms. The molecule has 6 heteroatoms. The molecule has 4 aliphatic rings. The molecule has 4 rings (SSSR count). The molecule has 134 valence electrons. The molecule has 0 aromatic rings. The lowest BCUT2D eigenvalue weighted by Gasteiger charge is -2.41. The van der Waals surface area contributed by atoms with Crippen LogP contribution in [-0.2, 0) is 28.5 Å². The maximum absolute atomic E-state index is 11.3. The minimum atomic E-state index is -0.285. The fourth-order valence-electron chi connectivity index (χ4n) is 5.65. The maximum atomic E-state index is 11.3. The van der Waals surface area contributed by atoms with Crippen molar-refractivity contribution >= 4 is 11.9 Å². The minimum absolute atomic E-state index is 0.0323. The first-order valence-corrected chi connectivity index (χ1v) is 8.97. The molecule has 0 saturated carbocycles. The third-order valence-corrected chi connectivity index (χ3v) is 6.81. The third-order valence-electron chi connectivity index (χ3n) is 6.81. The zero-order chi connectivity index (χ0) is 17.2. The van der Waals surface area contributed by atoms with Gasteiger partial charge >= 0.3 is 11.9 Å². The van der Waals surface area contributed by atoms with E-state index in [1.807, 2.05) is 0 Å². The number of ether oxygens (including phenoxy) is 4. The first-order chi connectivity index (χ1) is 11.4. The third kappa shape index (κ3) is 2.22. The molecule has 10 atom stereocenters. The summed E-state index contributed by atoms with van der Waals surface area (Å²) in [7, 11) is 0. The van der Waals surface area contributed by atoms with E-state index in [2.05, 4.69) is 13.8 Å². The number of rotatable bonds is 4. The van der Waals surface area contributed by atoms with Crippen molar-refractivity contribution < 1.29 is 28.5 Å². The summed E-state index contributed by atoms with van der Waals surface area (Å²) < 4.78 is 23.2. The van der Waals surface area contributed by atoms with Crippen molar-refractivity contribution in [3.63, 3.8) is 0 Å². The Hall–Kier alpha value is -1.14. The molecule has 4 saturated heterocycles. The minimum Gasteiger partial charge on any atom is -0.465 e. The lowest BCUT2D eigenvalue weighted by Crippen LogP contribution is -2.51. The predicted octanol–water partition coefficient (Wildman–Crippen LogP) is 1.41. The number of fused-ring (bicyclic) bond motifs is 9. The molecule has 4 heterocycles. The Bertz CT molecular complexity index is 502. The van der Waals surface area contributed by atoms with E-state index in [0.717, 1.165) is 0 Å². The van der Waals surface area contributed by atoms with E-state index in [1.165, 1.54) is 13.8 Å². The normalized spacial score (nSPS) is 50.8. The van der Waals surface area contributed by atoms with Gasteiger partial charge in [0.2, 0.25) is 0 Å². The molecular weight excluding hydrogens is 312 g/mol. The fourth-order valence-corrected chi connectivity index (χ4v) is 5.65. The SMILES string of the molecule is CC(=O)OCC1C(COC(C)=O)C2OC1C1C3OC(C(C)C3C)C21. The number of carbonyl (C=O) groups excluding carboxylic acids is 2. The van der Waals surface area contributed by atoms with Crippen LogP contribution < -0.4 is 0 Å². The van der Waals surface area contributed by atoms with Crippen LogP contribution in [0.15, 0.2) is 0 Å². The second-order valence-corrected chi connectivity index (χ2v) is 7.94. The molecule has 0 aromatic heterocycles. The summed E-state index contributed by atoms with van der Waals surface area (Å²) in [6.07, 6.45) is 0.536. The highest BCUT2D eigenvalue weighted by molar-refractivity contribution is 5.66. The van der Waals surface area contributed by atoms with Crippen LogP contribution in [0, 0.1) is 35.5 Å². The Morgan fingerprint density at radius 1 is 0.750 bits per heavy atom. The molecule has 10 unspecified atom stereocenters. The van der Waals surface area contributed by atoms with Crippen molar-refractivity contribution in [2.24, 2.45) is 35.5 Å². The average Bonchev–Trinajstić information content (AvgIpc) is 3.22. The summed E-state index contributed by atoms with van der Waals surface area (Å²) >= 11 is 0. The van der Waals surface area contributed by atoms with Gasteiger partial charge in [-0.05, 0) is 11.8 Å². The molecule has 0 amide bonds. The van der Waals surface area contributed by atoms with Crippen molar-refractivity contribution in [3.05, 3.63) is 0 Å². The van der Waals surface area contributed by atoms with Crippen LogP contribution in [-0.4, -0.2) is 49.6 Å². The first kappa shape index (κ1) is 16.3. The molecule has 0 aliphatic carbocycles. The van der Waals surface area contributed by atoms with E-state index in [1.54, 1.807) is 0 Å². The van der Waals surface area contributed by atoms with E-state index in [4.69, 9.17) is 18.9 Å². The zero-order valence-electron chi connectivity index (χ0n) is 14.6. The van der Waals surface area contributed by atoms with E-state index in [-0.39, 0.29) is 48.2 Å². The summed E-state index contributed by atoms with van der Waals surface area (Å²) in [5, 5.41) is 0. The van der Waals surface area contributed by atoms with Crippen molar-refractivity contribution in [2.75, 3.05) is 13.2 Å². The van der Waals surface area contributed by atoms with E-state index >= 15 is 0 Å². The topological polar surface area (TPSA) is 71.1 Å². The maximum Gasteiger partial charge on any atom is 0.302 e. The smallest absolute Gasteiger partial charge is 0.302 e. The van der Waals surface area contributed by atoms with Gasteiger partial charge in [-0.25, -0.2) is 0 Å². The van der Waals surface area contributed by atoms with Gasteiger partial charge in [0.05, 0.1) is 37.6 Å². The standard InChI is InChI=1S/C18H26O6/c1-7-8(2)16-14-13(15(7)23-16)17-11(5-21-9(3)19)12(18(14)24-17)6-22-10(4)20/h7-8,11-18H,5-6H2,1-4H3. The molecule has 4 aliphatic heterocycles. The lowest BCUT2D eigenvalue weighted by molar-refractivity contribution is -0.148. The Morgan fingerprint density at radius 2 is 1.12 bits per heavy atom. The predicted molar refractivity (Wildman–Crippen MR) is 82.9 cm³/mol. The quantitative estimate of drug-likeness (QED) is 0.722. The van der Waals surface area contributed by atoms with Gasteiger partial charge in [-0.1, -0.05) is 13.8 Å². The molecule has 0 radical (unpaired) electrons. The van der Waals surface area contributed by atoms with Crippen molar-refractivity contribution in [3.8, 4) is 0 Å². The Balaban J connectivity index is 1.56. The monoisotopic (exact) mass is 338 g/mol. The fraction of sp³-hybridized carbons (Fsp3) is 0.889. The summed E-state index contributed by atoms with van der Waals surface area (Å²) in [5.41, 5.74) is 0. The Morgan fingerprint density at radius 3 is 1.50 bits per heavy atom. The van der Waals surface area contributed by atoms with Crippen molar-refractivity contribution in [1.82, 2.24) is 0 Å². The van der Waals surface area contributed by atoms with Gasteiger partial charge < -0.3 is 18.9 Å². The van der Waals surface area contributed by atoms with Gasteiger partial charge in [-0.3, -0.25) is 9.59 Å². The van der Waals surface area contributed by atoms with Crippen molar-refractivity contribution in [2.45, 2.75) is 52.1 Å². The van der Waals surface area contributed by atoms with Crippen LogP contribution in [0.2, 0.25) is 0 Å². The molecule has 4 bridgehead atoms.